The number of carbonyl (C=O) groups is 1. The van der Waals surface area contributed by atoms with Crippen LogP contribution in [0.3, 0.4) is 0 Å². The van der Waals surface area contributed by atoms with Gasteiger partial charge in [0.25, 0.3) is 5.69 Å². The Bertz CT molecular complexity index is 924. The topological polar surface area (TPSA) is 82.6 Å². The molecule has 1 aromatic carbocycles. The molecule has 1 aromatic heterocycles. The first-order valence-corrected chi connectivity index (χ1v) is 9.95. The summed E-state index contributed by atoms with van der Waals surface area (Å²) in [6, 6.07) is 8.64. The van der Waals surface area contributed by atoms with Gasteiger partial charge in [-0.2, -0.15) is 0 Å². The molecular formula is C22H23NO5. The second kappa shape index (κ2) is 6.19. The largest absolute Gasteiger partial charge is 0.463 e. The third-order valence-electron chi connectivity index (χ3n) is 7.10. The average molecular weight is 381 g/mol. The first-order valence-electron chi connectivity index (χ1n) is 9.95. The Morgan fingerprint density at radius 2 is 1.75 bits per heavy atom. The Hall–Kier alpha value is -2.63. The first kappa shape index (κ1) is 17.5. The zero-order chi connectivity index (χ0) is 19.5. The standard InChI is InChI=1S/C22H23NO5/c1-27-21(24)20-5-4-19(28-20)17-3-2-16(9-18(17)23(25)26)22-10-13-6-14(11-22)8-15(7-13)12-22/h2-5,9,13-15H,6-8,10-12H2,1H3. The normalized spacial score (nSPS) is 30.4. The van der Waals surface area contributed by atoms with Gasteiger partial charge in [-0.1, -0.05) is 6.07 Å². The number of esters is 1. The third kappa shape index (κ3) is 2.65. The Morgan fingerprint density at radius 1 is 1.11 bits per heavy atom. The summed E-state index contributed by atoms with van der Waals surface area (Å²) in [5.74, 6) is 2.08. The van der Waals surface area contributed by atoms with Crippen molar-refractivity contribution in [3.8, 4) is 11.3 Å². The van der Waals surface area contributed by atoms with Gasteiger partial charge in [0.05, 0.1) is 17.6 Å². The number of methoxy groups -OCH3 is 1. The van der Waals surface area contributed by atoms with E-state index < -0.39 is 5.97 Å². The smallest absolute Gasteiger partial charge is 0.373 e. The van der Waals surface area contributed by atoms with Crippen molar-refractivity contribution in [1.82, 2.24) is 0 Å². The predicted molar refractivity (Wildman–Crippen MR) is 102 cm³/mol. The number of hydrogen-bond acceptors (Lipinski definition) is 5. The zero-order valence-electron chi connectivity index (χ0n) is 15.8. The van der Waals surface area contributed by atoms with Gasteiger partial charge in [-0.15, -0.1) is 0 Å². The van der Waals surface area contributed by atoms with Crippen LogP contribution in [0.4, 0.5) is 5.69 Å². The van der Waals surface area contributed by atoms with E-state index in [4.69, 9.17) is 4.42 Å². The van der Waals surface area contributed by atoms with Crippen molar-refractivity contribution < 1.29 is 18.9 Å². The lowest BCUT2D eigenvalue weighted by Crippen LogP contribution is -2.48. The van der Waals surface area contributed by atoms with E-state index in [1.165, 1.54) is 32.4 Å². The number of rotatable bonds is 4. The molecule has 6 rings (SSSR count). The Balaban J connectivity index is 1.54. The number of hydrogen-bond donors (Lipinski definition) is 0. The van der Waals surface area contributed by atoms with Crippen molar-refractivity contribution in [3.05, 3.63) is 51.8 Å². The quantitative estimate of drug-likeness (QED) is 0.417. The number of carbonyl (C=O) groups excluding carboxylic acids is 1. The molecule has 4 bridgehead atoms. The van der Waals surface area contributed by atoms with E-state index in [9.17, 15) is 14.9 Å². The molecule has 0 N–H and O–H groups in total. The van der Waals surface area contributed by atoms with Crippen LogP contribution in [-0.2, 0) is 10.2 Å². The lowest BCUT2D eigenvalue weighted by molar-refractivity contribution is -0.384. The van der Waals surface area contributed by atoms with Crippen molar-refractivity contribution in [3.63, 3.8) is 0 Å². The lowest BCUT2D eigenvalue weighted by atomic mass is 9.48. The summed E-state index contributed by atoms with van der Waals surface area (Å²) in [6.07, 6.45) is 7.47. The summed E-state index contributed by atoms with van der Waals surface area (Å²) >= 11 is 0. The number of nitro benzene ring substituents is 1. The summed E-state index contributed by atoms with van der Waals surface area (Å²) in [5.41, 5.74) is 1.63. The molecule has 0 radical (unpaired) electrons. The number of benzene rings is 1. The molecule has 0 aliphatic heterocycles. The highest BCUT2D eigenvalue weighted by molar-refractivity contribution is 5.87. The van der Waals surface area contributed by atoms with Crippen molar-refractivity contribution in [2.45, 2.75) is 43.9 Å². The average Bonchev–Trinajstić information content (AvgIpc) is 3.16. The third-order valence-corrected chi connectivity index (χ3v) is 7.10. The summed E-state index contributed by atoms with van der Waals surface area (Å²) in [5, 5.41) is 11.8. The van der Waals surface area contributed by atoms with Gasteiger partial charge in [0, 0.05) is 6.07 Å². The molecule has 0 saturated heterocycles. The number of nitro groups is 1. The van der Waals surface area contributed by atoms with Crippen LogP contribution in [0.5, 0.6) is 0 Å². The second-order valence-electron chi connectivity index (χ2n) is 8.84. The van der Waals surface area contributed by atoms with E-state index >= 15 is 0 Å². The fourth-order valence-electron chi connectivity index (χ4n) is 6.38. The summed E-state index contributed by atoms with van der Waals surface area (Å²) in [6.45, 7) is 0. The van der Waals surface area contributed by atoms with Gasteiger partial charge in [-0.05, 0) is 85.5 Å². The van der Waals surface area contributed by atoms with Gasteiger partial charge in [0.1, 0.15) is 5.76 Å². The van der Waals surface area contributed by atoms with Crippen LogP contribution in [0.25, 0.3) is 11.3 Å². The second-order valence-corrected chi connectivity index (χ2v) is 8.84. The van der Waals surface area contributed by atoms with Crippen LogP contribution in [0.2, 0.25) is 0 Å². The maximum atomic E-state index is 11.8. The molecule has 4 fully saturated rings. The number of nitrogens with zero attached hydrogens (tertiary/aromatic N) is 1. The van der Waals surface area contributed by atoms with Crippen molar-refractivity contribution in [2.24, 2.45) is 17.8 Å². The van der Waals surface area contributed by atoms with Crippen molar-refractivity contribution in [2.75, 3.05) is 7.11 Å². The van der Waals surface area contributed by atoms with Gasteiger partial charge in [0.15, 0.2) is 0 Å². The number of furan rings is 1. The van der Waals surface area contributed by atoms with Gasteiger partial charge in [0.2, 0.25) is 5.76 Å². The molecule has 28 heavy (non-hydrogen) atoms. The van der Waals surface area contributed by atoms with Crippen LogP contribution >= 0.6 is 0 Å². The van der Waals surface area contributed by atoms with E-state index in [1.54, 1.807) is 18.2 Å². The highest BCUT2D eigenvalue weighted by Gasteiger charge is 2.51. The molecule has 6 heteroatoms. The fraction of sp³-hybridized carbons (Fsp3) is 0.500. The van der Waals surface area contributed by atoms with Crippen LogP contribution in [-0.4, -0.2) is 18.0 Å². The first-order chi connectivity index (χ1) is 13.5. The molecule has 0 amide bonds. The van der Waals surface area contributed by atoms with Crippen LogP contribution in [0.15, 0.2) is 34.7 Å². The maximum Gasteiger partial charge on any atom is 0.373 e. The molecule has 4 aliphatic rings. The van der Waals surface area contributed by atoms with Gasteiger partial charge in [-0.3, -0.25) is 10.1 Å². The molecule has 2 aromatic rings. The molecular weight excluding hydrogens is 358 g/mol. The van der Waals surface area contributed by atoms with Gasteiger partial charge in [-0.25, -0.2) is 4.79 Å². The molecule has 4 saturated carbocycles. The highest BCUT2D eigenvalue weighted by atomic mass is 16.6. The van der Waals surface area contributed by atoms with E-state index in [2.05, 4.69) is 4.74 Å². The fourth-order valence-corrected chi connectivity index (χ4v) is 6.38. The van der Waals surface area contributed by atoms with Crippen LogP contribution in [0, 0.1) is 27.9 Å². The maximum absolute atomic E-state index is 11.8. The molecule has 146 valence electrons. The minimum absolute atomic E-state index is 0.0389. The summed E-state index contributed by atoms with van der Waals surface area (Å²) in [7, 11) is 1.27. The predicted octanol–water partition coefficient (Wildman–Crippen LogP) is 5.11. The monoisotopic (exact) mass is 381 g/mol. The van der Waals surface area contributed by atoms with E-state index in [0.717, 1.165) is 42.6 Å². The van der Waals surface area contributed by atoms with E-state index in [-0.39, 0.29) is 21.8 Å². The Labute approximate surface area is 163 Å². The van der Waals surface area contributed by atoms with E-state index in [1.807, 2.05) is 6.07 Å². The highest BCUT2D eigenvalue weighted by Crippen LogP contribution is 2.61. The molecule has 0 atom stereocenters. The van der Waals surface area contributed by atoms with Crippen LogP contribution < -0.4 is 0 Å². The molecule has 0 unspecified atom stereocenters. The molecule has 6 nitrogen and oxygen atoms in total. The summed E-state index contributed by atoms with van der Waals surface area (Å²) in [4.78, 5) is 23.1. The Morgan fingerprint density at radius 3 is 2.32 bits per heavy atom. The Kier molecular flexibility index (Phi) is 3.86. The molecule has 0 spiro atoms. The minimum atomic E-state index is -0.598. The number of ether oxygens (including phenoxy) is 1. The van der Waals surface area contributed by atoms with Crippen molar-refractivity contribution >= 4 is 11.7 Å². The summed E-state index contributed by atoms with van der Waals surface area (Å²) < 4.78 is 10.2. The van der Waals surface area contributed by atoms with Crippen molar-refractivity contribution in [1.29, 1.82) is 0 Å². The lowest BCUT2D eigenvalue weighted by Gasteiger charge is -2.57. The molecule has 4 aliphatic carbocycles. The zero-order valence-corrected chi connectivity index (χ0v) is 15.8. The minimum Gasteiger partial charge on any atom is -0.463 e. The van der Waals surface area contributed by atoms with E-state index in [0.29, 0.717) is 11.3 Å². The SMILES string of the molecule is COC(=O)c1ccc(-c2ccc(C34CC5CC(CC(C5)C3)C4)cc2[N+](=O)[O-])o1. The molecule has 1 heterocycles. The van der Waals surface area contributed by atoms with Gasteiger partial charge < -0.3 is 9.15 Å². The van der Waals surface area contributed by atoms with Crippen LogP contribution in [0.1, 0.15) is 54.6 Å². The van der Waals surface area contributed by atoms with Gasteiger partial charge >= 0.3 is 5.97 Å².